The Hall–Kier alpha value is -3.58. The van der Waals surface area contributed by atoms with Crippen molar-refractivity contribution >= 4 is 34.4 Å². The van der Waals surface area contributed by atoms with E-state index >= 15 is 0 Å². The number of alkyl halides is 3. The van der Waals surface area contributed by atoms with Gasteiger partial charge in [-0.25, -0.2) is 0 Å². The monoisotopic (exact) mass is 571 g/mol. The van der Waals surface area contributed by atoms with Crippen LogP contribution >= 0.6 is 0 Å². The summed E-state index contributed by atoms with van der Waals surface area (Å²) >= 11 is 0. The van der Waals surface area contributed by atoms with Gasteiger partial charge < -0.3 is 30.0 Å². The zero-order chi connectivity index (χ0) is 28.3. The van der Waals surface area contributed by atoms with Crippen LogP contribution in [0.1, 0.15) is 47.7 Å². The summed E-state index contributed by atoms with van der Waals surface area (Å²) in [6.45, 7) is 5.85. The molecule has 2 aromatic heterocycles. The van der Waals surface area contributed by atoms with Crippen molar-refractivity contribution in [3.05, 3.63) is 35.0 Å². The van der Waals surface area contributed by atoms with Crippen molar-refractivity contribution in [1.29, 1.82) is 0 Å². The first-order chi connectivity index (χ1) is 19.8. The molecule has 41 heavy (non-hydrogen) atoms. The highest BCUT2D eigenvalue weighted by Gasteiger charge is 2.43. The van der Waals surface area contributed by atoms with E-state index in [1.54, 1.807) is 19.1 Å². The van der Waals surface area contributed by atoms with E-state index in [0.29, 0.717) is 67.8 Å². The minimum atomic E-state index is -4.55. The SMILES string of the molecule is CCNc1nc(Nc2ccc(C(=O)N3CCC(N4C[C@@H]5C[C@H]4CO5)CC3)c3c2OCC3)nc2[nH]cc(C(F)(F)F)c12. The zero-order valence-electron chi connectivity index (χ0n) is 22.7. The first kappa shape index (κ1) is 26.3. The van der Waals surface area contributed by atoms with Crippen LogP contribution in [-0.2, 0) is 17.3 Å². The van der Waals surface area contributed by atoms with Gasteiger partial charge in [-0.15, -0.1) is 0 Å². The van der Waals surface area contributed by atoms with Gasteiger partial charge in [0, 0.05) is 62.0 Å². The number of carbonyl (C=O) groups is 1. The lowest BCUT2D eigenvalue weighted by molar-refractivity contribution is -0.136. The number of nitrogens with one attached hydrogen (secondary N) is 3. The Morgan fingerprint density at radius 1 is 1.20 bits per heavy atom. The van der Waals surface area contributed by atoms with Gasteiger partial charge in [0.25, 0.3) is 5.91 Å². The third kappa shape index (κ3) is 4.64. The molecule has 3 aromatic rings. The number of piperidine rings is 1. The lowest BCUT2D eigenvalue weighted by Gasteiger charge is -2.40. The number of likely N-dealkylation sites (tertiary alicyclic amines) is 2. The predicted molar refractivity (Wildman–Crippen MR) is 146 cm³/mol. The Morgan fingerprint density at radius 2 is 2.02 bits per heavy atom. The standard InChI is InChI=1S/C28H32F3N7O3/c1-2-32-24-22-20(28(29,30)31)12-33-25(22)36-27(35-24)34-21-4-3-19(18-7-10-40-23(18)21)26(39)37-8-5-15(6-9-37)38-13-17-11-16(38)14-41-17/h3-4,12,15-17H,2,5-11,13-14H2,1H3,(H3,32,33,34,35,36)/t16-,17-/m0/s1. The number of anilines is 3. The van der Waals surface area contributed by atoms with Gasteiger partial charge in [-0.1, -0.05) is 0 Å². The molecule has 0 saturated carbocycles. The normalized spacial score (nSPS) is 22.8. The third-order valence-corrected chi connectivity index (χ3v) is 8.68. The fourth-order valence-electron chi connectivity index (χ4n) is 6.77. The number of ether oxygens (including phenoxy) is 2. The molecular weight excluding hydrogens is 539 g/mol. The maximum Gasteiger partial charge on any atom is 0.418 e. The molecule has 2 bridgehead atoms. The molecule has 0 aliphatic carbocycles. The molecule has 2 atom stereocenters. The molecule has 0 unspecified atom stereocenters. The molecule has 0 radical (unpaired) electrons. The number of aromatic nitrogens is 3. The molecule has 1 aromatic carbocycles. The van der Waals surface area contributed by atoms with Crippen LogP contribution in [0.15, 0.2) is 18.3 Å². The van der Waals surface area contributed by atoms with Gasteiger partial charge in [-0.3, -0.25) is 9.69 Å². The molecule has 7 rings (SSSR count). The summed E-state index contributed by atoms with van der Waals surface area (Å²) in [5.41, 5.74) is 1.24. The zero-order valence-corrected chi connectivity index (χ0v) is 22.7. The van der Waals surface area contributed by atoms with Gasteiger partial charge >= 0.3 is 6.18 Å². The lowest BCUT2D eigenvalue weighted by Crippen LogP contribution is -2.50. The molecule has 4 aliphatic heterocycles. The van der Waals surface area contributed by atoms with Crippen molar-refractivity contribution < 1.29 is 27.4 Å². The maximum absolute atomic E-state index is 13.6. The second-order valence-electron chi connectivity index (χ2n) is 11.1. The summed E-state index contributed by atoms with van der Waals surface area (Å²) in [5.74, 6) is 0.746. The molecular formula is C28H32F3N7O3. The summed E-state index contributed by atoms with van der Waals surface area (Å²) in [4.78, 5) is 29.4. The van der Waals surface area contributed by atoms with Crippen molar-refractivity contribution in [3.63, 3.8) is 0 Å². The van der Waals surface area contributed by atoms with E-state index in [4.69, 9.17) is 9.47 Å². The number of rotatable bonds is 6. The average Bonchev–Trinajstić information content (AvgIpc) is 3.77. The van der Waals surface area contributed by atoms with Gasteiger partial charge in [-0.05, 0) is 38.3 Å². The van der Waals surface area contributed by atoms with Gasteiger partial charge in [-0.2, -0.15) is 23.1 Å². The smallest absolute Gasteiger partial charge is 0.418 e. The second kappa shape index (κ2) is 10.1. The molecule has 13 heteroatoms. The fraction of sp³-hybridized carbons (Fsp3) is 0.536. The van der Waals surface area contributed by atoms with Crippen molar-refractivity contribution in [2.24, 2.45) is 0 Å². The number of benzene rings is 1. The Labute approximate surface area is 234 Å². The Morgan fingerprint density at radius 3 is 2.73 bits per heavy atom. The van der Waals surface area contributed by atoms with E-state index in [0.717, 1.165) is 44.2 Å². The van der Waals surface area contributed by atoms with E-state index in [1.165, 1.54) is 0 Å². The van der Waals surface area contributed by atoms with E-state index in [9.17, 15) is 18.0 Å². The van der Waals surface area contributed by atoms with Crippen molar-refractivity contribution in [1.82, 2.24) is 24.8 Å². The number of halogens is 3. The van der Waals surface area contributed by atoms with E-state index in [1.807, 2.05) is 4.90 Å². The maximum atomic E-state index is 13.6. The van der Waals surface area contributed by atoms with Gasteiger partial charge in [0.15, 0.2) is 0 Å². The summed E-state index contributed by atoms with van der Waals surface area (Å²) in [5, 5.41) is 5.92. The summed E-state index contributed by atoms with van der Waals surface area (Å²) in [6.07, 6.45) is 0.351. The van der Waals surface area contributed by atoms with Crippen LogP contribution in [0.5, 0.6) is 5.75 Å². The molecule has 6 heterocycles. The minimum Gasteiger partial charge on any atom is -0.491 e. The first-order valence-corrected chi connectivity index (χ1v) is 14.2. The highest BCUT2D eigenvalue weighted by Crippen LogP contribution is 2.41. The number of hydrogen-bond acceptors (Lipinski definition) is 8. The topological polar surface area (TPSA) is 108 Å². The van der Waals surface area contributed by atoms with Crippen LogP contribution in [0.4, 0.5) is 30.6 Å². The van der Waals surface area contributed by atoms with Crippen molar-refractivity contribution in [3.8, 4) is 5.75 Å². The van der Waals surface area contributed by atoms with Crippen LogP contribution < -0.4 is 15.4 Å². The quantitative estimate of drug-likeness (QED) is 0.405. The van der Waals surface area contributed by atoms with Crippen LogP contribution in [-0.4, -0.2) is 88.2 Å². The Bertz CT molecular complexity index is 1480. The average molecular weight is 572 g/mol. The third-order valence-electron chi connectivity index (χ3n) is 8.68. The number of amides is 1. The van der Waals surface area contributed by atoms with Crippen LogP contribution in [0, 0.1) is 0 Å². The minimum absolute atomic E-state index is 0.00110. The van der Waals surface area contributed by atoms with Gasteiger partial charge in [0.2, 0.25) is 5.95 Å². The lowest BCUT2D eigenvalue weighted by atomic mass is 9.98. The van der Waals surface area contributed by atoms with Gasteiger partial charge in [0.1, 0.15) is 17.2 Å². The molecule has 3 saturated heterocycles. The molecule has 0 spiro atoms. The van der Waals surface area contributed by atoms with Crippen molar-refractivity contribution in [2.45, 2.75) is 57.0 Å². The summed E-state index contributed by atoms with van der Waals surface area (Å²) in [6, 6.07) is 4.56. The number of aromatic amines is 1. The number of hydrogen-bond donors (Lipinski definition) is 3. The Balaban J connectivity index is 1.10. The van der Waals surface area contributed by atoms with Gasteiger partial charge in [0.05, 0.1) is 36.0 Å². The fourth-order valence-corrected chi connectivity index (χ4v) is 6.77. The summed E-state index contributed by atoms with van der Waals surface area (Å²) < 4.78 is 52.3. The first-order valence-electron chi connectivity index (χ1n) is 14.2. The van der Waals surface area contributed by atoms with Crippen LogP contribution in [0.2, 0.25) is 0 Å². The second-order valence-corrected chi connectivity index (χ2v) is 11.1. The summed E-state index contributed by atoms with van der Waals surface area (Å²) in [7, 11) is 0. The number of fused-ring (bicyclic) bond motifs is 4. The molecule has 1 amide bonds. The molecule has 3 N–H and O–H groups in total. The van der Waals surface area contributed by atoms with E-state index < -0.39 is 11.7 Å². The van der Waals surface area contributed by atoms with E-state index in [-0.39, 0.29) is 28.7 Å². The van der Waals surface area contributed by atoms with E-state index in [2.05, 4.69) is 30.5 Å². The highest BCUT2D eigenvalue weighted by molar-refractivity contribution is 5.98. The number of carbonyl (C=O) groups excluding carboxylic acids is 1. The molecule has 10 nitrogen and oxygen atoms in total. The number of morpholine rings is 1. The highest BCUT2D eigenvalue weighted by atomic mass is 19.4. The molecule has 218 valence electrons. The molecule has 3 fully saturated rings. The number of nitrogens with zero attached hydrogens (tertiary/aromatic N) is 4. The van der Waals surface area contributed by atoms with Crippen LogP contribution in [0.25, 0.3) is 11.0 Å². The Kier molecular flexibility index (Phi) is 6.45. The number of H-pyrrole nitrogens is 1. The predicted octanol–water partition coefficient (Wildman–Crippen LogP) is 4.16. The molecule has 4 aliphatic rings. The van der Waals surface area contributed by atoms with Crippen LogP contribution in [0.3, 0.4) is 0 Å². The largest absolute Gasteiger partial charge is 0.491 e. The van der Waals surface area contributed by atoms with Crippen molar-refractivity contribution in [2.75, 3.05) is 50.0 Å².